The number of aromatic amines is 1. The number of carbonyl (C=O) groups excluding carboxylic acids is 3. The van der Waals surface area contributed by atoms with Crippen molar-refractivity contribution in [3.63, 3.8) is 0 Å². The van der Waals surface area contributed by atoms with Crippen LogP contribution < -0.4 is 5.32 Å². The van der Waals surface area contributed by atoms with Crippen molar-refractivity contribution < 1.29 is 18.8 Å². The van der Waals surface area contributed by atoms with Crippen molar-refractivity contribution in [1.29, 1.82) is 0 Å². The van der Waals surface area contributed by atoms with E-state index in [1.165, 1.54) is 12.1 Å². The fourth-order valence-corrected chi connectivity index (χ4v) is 4.00. The molecule has 0 atom stereocenters. The number of aromatic nitrogens is 3. The summed E-state index contributed by atoms with van der Waals surface area (Å²) in [5.74, 6) is -0.813. The Kier molecular flexibility index (Phi) is 4.66. The molecule has 28 heavy (non-hydrogen) atoms. The van der Waals surface area contributed by atoms with Crippen molar-refractivity contribution in [2.75, 3.05) is 11.9 Å². The van der Waals surface area contributed by atoms with Gasteiger partial charge in [-0.3, -0.25) is 29.7 Å². The van der Waals surface area contributed by atoms with Crippen LogP contribution in [0.5, 0.6) is 0 Å². The second-order valence-corrected chi connectivity index (χ2v) is 7.41. The fourth-order valence-electron chi connectivity index (χ4n) is 4.00. The van der Waals surface area contributed by atoms with E-state index in [0.29, 0.717) is 25.1 Å². The molecule has 1 aromatic heterocycles. The van der Waals surface area contributed by atoms with Crippen LogP contribution in [-0.2, 0) is 20.8 Å². The first-order chi connectivity index (χ1) is 13.4. The molecular weight excluding hydrogens is 365 g/mol. The molecule has 1 aromatic carbocycles. The topological polar surface area (TPSA) is 108 Å². The molecule has 0 unspecified atom stereocenters. The Morgan fingerprint density at radius 3 is 2.64 bits per heavy atom. The van der Waals surface area contributed by atoms with E-state index in [0.717, 1.165) is 23.3 Å². The molecule has 0 bridgehead atoms. The number of carbonyl (C=O) groups is 3. The maximum atomic E-state index is 13.0. The van der Waals surface area contributed by atoms with Crippen molar-refractivity contribution >= 4 is 23.7 Å². The monoisotopic (exact) mass is 385 g/mol. The van der Waals surface area contributed by atoms with Gasteiger partial charge in [-0.2, -0.15) is 4.98 Å². The average Bonchev–Trinajstić information content (AvgIpc) is 3.36. The van der Waals surface area contributed by atoms with Gasteiger partial charge in [-0.1, -0.05) is 25.0 Å². The first-order valence-electron chi connectivity index (χ1n) is 9.26. The zero-order valence-electron chi connectivity index (χ0n) is 15.2. The van der Waals surface area contributed by atoms with Crippen molar-refractivity contribution in [1.82, 2.24) is 20.1 Å². The number of anilines is 1. The second-order valence-electron chi connectivity index (χ2n) is 7.41. The number of rotatable bonds is 5. The maximum absolute atomic E-state index is 13.0. The van der Waals surface area contributed by atoms with Gasteiger partial charge in [0.25, 0.3) is 0 Å². The Balaban J connectivity index is 1.35. The lowest BCUT2D eigenvalue weighted by atomic mass is 9.84. The van der Waals surface area contributed by atoms with Crippen LogP contribution in [0.1, 0.15) is 43.5 Å². The molecular formula is C19H20FN5O3. The number of likely N-dealkylation sites (tertiary alicyclic amines) is 1. The molecule has 2 fully saturated rings. The highest BCUT2D eigenvalue weighted by Gasteiger charge is 2.52. The molecule has 146 valence electrons. The minimum absolute atomic E-state index is 0.0665. The van der Waals surface area contributed by atoms with E-state index in [-0.39, 0.29) is 36.5 Å². The molecule has 1 spiro atoms. The number of H-pyrrole nitrogens is 1. The van der Waals surface area contributed by atoms with Gasteiger partial charge in [-0.15, -0.1) is 5.10 Å². The van der Waals surface area contributed by atoms with E-state index in [2.05, 4.69) is 20.5 Å². The third-order valence-electron chi connectivity index (χ3n) is 5.42. The van der Waals surface area contributed by atoms with Crippen LogP contribution in [0.15, 0.2) is 24.3 Å². The predicted octanol–water partition coefficient (Wildman–Crippen LogP) is 1.79. The highest BCUT2D eigenvalue weighted by molar-refractivity contribution is 6.09. The third-order valence-corrected chi connectivity index (χ3v) is 5.42. The molecule has 9 heteroatoms. The van der Waals surface area contributed by atoms with E-state index in [4.69, 9.17) is 0 Å². The highest BCUT2D eigenvalue weighted by Crippen LogP contribution is 2.46. The number of benzene rings is 1. The first kappa shape index (κ1) is 18.3. The lowest BCUT2D eigenvalue weighted by molar-refractivity contribution is -0.143. The van der Waals surface area contributed by atoms with Crippen LogP contribution in [0.4, 0.5) is 10.3 Å². The largest absolute Gasteiger partial charge is 0.292 e. The number of halogens is 1. The second kappa shape index (κ2) is 7.14. The molecule has 8 nitrogen and oxygen atoms in total. The molecule has 2 aliphatic rings. The summed E-state index contributed by atoms with van der Waals surface area (Å²) in [5.41, 5.74) is 0.245. The van der Waals surface area contributed by atoms with Gasteiger partial charge in [0, 0.05) is 12.8 Å². The van der Waals surface area contributed by atoms with Gasteiger partial charge in [-0.05, 0) is 30.5 Å². The van der Waals surface area contributed by atoms with Gasteiger partial charge in [0.1, 0.15) is 18.2 Å². The van der Waals surface area contributed by atoms with Crippen LogP contribution in [-0.4, -0.2) is 44.3 Å². The van der Waals surface area contributed by atoms with Gasteiger partial charge >= 0.3 is 0 Å². The molecule has 2 N–H and O–H groups in total. The normalized spacial score (nSPS) is 18.2. The zero-order valence-corrected chi connectivity index (χ0v) is 15.2. The van der Waals surface area contributed by atoms with Crippen LogP contribution >= 0.6 is 0 Å². The number of imide groups is 1. The number of hydrogen-bond donors (Lipinski definition) is 2. The van der Waals surface area contributed by atoms with Gasteiger partial charge in [0.05, 0.1) is 5.41 Å². The highest BCUT2D eigenvalue weighted by atomic mass is 19.1. The summed E-state index contributed by atoms with van der Waals surface area (Å²) in [7, 11) is 0. The summed E-state index contributed by atoms with van der Waals surface area (Å²) in [6.45, 7) is -0.332. The molecule has 1 aliphatic heterocycles. The maximum Gasteiger partial charge on any atom is 0.248 e. The molecule has 1 saturated carbocycles. The minimum Gasteiger partial charge on any atom is -0.292 e. The molecule has 0 radical (unpaired) electrons. The van der Waals surface area contributed by atoms with Crippen molar-refractivity contribution in [3.8, 4) is 0 Å². The third kappa shape index (κ3) is 3.51. The summed E-state index contributed by atoms with van der Waals surface area (Å²) in [6, 6.07) is 5.99. The van der Waals surface area contributed by atoms with Crippen LogP contribution in [0, 0.1) is 11.2 Å². The van der Waals surface area contributed by atoms with E-state index >= 15 is 0 Å². The Morgan fingerprint density at radius 1 is 1.21 bits per heavy atom. The molecule has 2 heterocycles. The van der Waals surface area contributed by atoms with Gasteiger partial charge in [-0.25, -0.2) is 4.39 Å². The van der Waals surface area contributed by atoms with Gasteiger partial charge < -0.3 is 0 Å². The number of amides is 3. The lowest BCUT2D eigenvalue weighted by Crippen LogP contribution is -2.40. The number of nitrogens with zero attached hydrogens (tertiary/aromatic N) is 3. The van der Waals surface area contributed by atoms with Gasteiger partial charge in [0.15, 0.2) is 0 Å². The van der Waals surface area contributed by atoms with E-state index in [1.54, 1.807) is 12.1 Å². The Morgan fingerprint density at radius 2 is 1.93 bits per heavy atom. The van der Waals surface area contributed by atoms with E-state index < -0.39 is 11.3 Å². The van der Waals surface area contributed by atoms with Crippen LogP contribution in [0.2, 0.25) is 0 Å². The summed E-state index contributed by atoms with van der Waals surface area (Å²) in [5, 5.41) is 9.14. The van der Waals surface area contributed by atoms with Crippen molar-refractivity contribution in [3.05, 3.63) is 41.5 Å². The molecule has 2 aromatic rings. The van der Waals surface area contributed by atoms with Crippen LogP contribution in [0.25, 0.3) is 0 Å². The molecule has 3 amide bonds. The van der Waals surface area contributed by atoms with E-state index in [1.807, 2.05) is 0 Å². The smallest absolute Gasteiger partial charge is 0.248 e. The Hall–Kier alpha value is -3.10. The summed E-state index contributed by atoms with van der Waals surface area (Å²) in [4.78, 5) is 42.3. The number of nitrogens with one attached hydrogen (secondary N) is 2. The average molecular weight is 385 g/mol. The zero-order chi connectivity index (χ0) is 19.7. The lowest BCUT2D eigenvalue weighted by Gasteiger charge is -2.20. The Labute approximate surface area is 160 Å². The molecule has 1 aliphatic carbocycles. The minimum atomic E-state index is -0.593. The number of hydrogen-bond acceptors (Lipinski definition) is 5. The quantitative estimate of drug-likeness (QED) is 0.763. The van der Waals surface area contributed by atoms with Crippen molar-refractivity contribution in [2.45, 2.75) is 38.5 Å². The van der Waals surface area contributed by atoms with Crippen LogP contribution in [0.3, 0.4) is 0 Å². The summed E-state index contributed by atoms with van der Waals surface area (Å²) in [6.07, 6.45) is 3.89. The SMILES string of the molecule is O=C(CN1C(=O)CC2(CCCC2)C1=O)Nc1n[nH]c(Cc2ccc(F)cc2)n1. The predicted molar refractivity (Wildman–Crippen MR) is 96.5 cm³/mol. The van der Waals surface area contributed by atoms with Gasteiger partial charge in [0.2, 0.25) is 23.7 Å². The van der Waals surface area contributed by atoms with E-state index in [9.17, 15) is 18.8 Å². The summed E-state index contributed by atoms with van der Waals surface area (Å²) < 4.78 is 13.0. The first-order valence-corrected chi connectivity index (χ1v) is 9.26. The fraction of sp³-hybridized carbons (Fsp3) is 0.421. The summed E-state index contributed by atoms with van der Waals surface area (Å²) >= 11 is 0. The molecule has 1 saturated heterocycles. The molecule has 4 rings (SSSR count). The van der Waals surface area contributed by atoms with Crippen molar-refractivity contribution in [2.24, 2.45) is 5.41 Å². The Bertz CT molecular complexity index is 918. The standard InChI is InChI=1S/C19H20FN5O3/c20-13-5-3-12(4-6-13)9-14-21-18(24-23-14)22-15(26)11-25-16(27)10-19(17(25)28)7-1-2-8-19/h3-6H,1-2,7-11H2,(H2,21,22,23,24,26).